The fraction of sp³-hybridized carbons (Fsp3) is 0.176. The lowest BCUT2D eigenvalue weighted by Crippen LogP contribution is -2.33. The fourth-order valence-corrected chi connectivity index (χ4v) is 2.29. The van der Waals surface area contributed by atoms with E-state index in [1.165, 1.54) is 18.0 Å². The zero-order valence-electron chi connectivity index (χ0n) is 12.5. The van der Waals surface area contributed by atoms with Crippen LogP contribution in [0.5, 0.6) is 0 Å². The van der Waals surface area contributed by atoms with Gasteiger partial charge in [0.25, 0.3) is 5.91 Å². The van der Waals surface area contributed by atoms with Crippen LogP contribution < -0.4 is 0 Å². The Hall–Kier alpha value is -2.04. The van der Waals surface area contributed by atoms with E-state index in [0.29, 0.717) is 5.02 Å². The van der Waals surface area contributed by atoms with Gasteiger partial charge in [0.1, 0.15) is 13.2 Å². The predicted molar refractivity (Wildman–Crippen MR) is 89.7 cm³/mol. The van der Waals surface area contributed by atoms with Gasteiger partial charge in [0.05, 0.1) is 10.6 Å². The standard InChI is InChI=1S/C17H15Cl2NO3/c1-20(17(22)14-9-13(18)7-8-15(14)19)10-16(21)23-11-12-5-3-2-4-6-12/h2-9H,10-11H2,1H3. The van der Waals surface area contributed by atoms with Crippen LogP contribution in [0.1, 0.15) is 15.9 Å². The van der Waals surface area contributed by atoms with E-state index in [1.807, 2.05) is 30.3 Å². The molecular formula is C17H15Cl2NO3. The summed E-state index contributed by atoms with van der Waals surface area (Å²) in [6, 6.07) is 13.9. The highest BCUT2D eigenvalue weighted by molar-refractivity contribution is 6.35. The Bertz CT molecular complexity index is 704. The Morgan fingerprint density at radius 2 is 1.78 bits per heavy atom. The molecule has 0 N–H and O–H groups in total. The largest absolute Gasteiger partial charge is 0.459 e. The summed E-state index contributed by atoms with van der Waals surface area (Å²) in [6.07, 6.45) is 0. The highest BCUT2D eigenvalue weighted by Crippen LogP contribution is 2.21. The molecule has 0 saturated carbocycles. The smallest absolute Gasteiger partial charge is 0.325 e. The average Bonchev–Trinajstić information content (AvgIpc) is 2.55. The van der Waals surface area contributed by atoms with Gasteiger partial charge in [0.15, 0.2) is 0 Å². The predicted octanol–water partition coefficient (Wildman–Crippen LogP) is 3.81. The van der Waals surface area contributed by atoms with Gasteiger partial charge in [-0.2, -0.15) is 0 Å². The third kappa shape index (κ3) is 4.98. The molecule has 0 heterocycles. The third-order valence-corrected chi connectivity index (χ3v) is 3.68. The lowest BCUT2D eigenvalue weighted by Gasteiger charge is -2.17. The molecule has 0 atom stereocenters. The van der Waals surface area contributed by atoms with E-state index in [2.05, 4.69) is 0 Å². The Kier molecular flexibility index (Phi) is 6.02. The lowest BCUT2D eigenvalue weighted by molar-refractivity contribution is -0.145. The molecule has 2 aromatic carbocycles. The number of halogens is 2. The summed E-state index contributed by atoms with van der Waals surface area (Å²) in [4.78, 5) is 25.4. The Balaban J connectivity index is 1.92. The van der Waals surface area contributed by atoms with Crippen molar-refractivity contribution in [1.82, 2.24) is 4.90 Å². The number of nitrogens with zero attached hydrogens (tertiary/aromatic N) is 1. The lowest BCUT2D eigenvalue weighted by atomic mass is 10.2. The van der Waals surface area contributed by atoms with E-state index in [0.717, 1.165) is 5.56 Å². The van der Waals surface area contributed by atoms with Crippen LogP contribution in [0.15, 0.2) is 48.5 Å². The molecule has 0 radical (unpaired) electrons. The number of benzene rings is 2. The maximum atomic E-state index is 12.3. The maximum absolute atomic E-state index is 12.3. The zero-order chi connectivity index (χ0) is 16.8. The van der Waals surface area contributed by atoms with Crippen LogP contribution in [-0.2, 0) is 16.1 Å². The molecular weight excluding hydrogens is 337 g/mol. The van der Waals surface area contributed by atoms with Gasteiger partial charge in [-0.1, -0.05) is 53.5 Å². The molecule has 120 valence electrons. The quantitative estimate of drug-likeness (QED) is 0.769. The molecule has 0 bridgehead atoms. The van der Waals surface area contributed by atoms with Gasteiger partial charge in [-0.05, 0) is 23.8 Å². The molecule has 0 aromatic heterocycles. The molecule has 6 heteroatoms. The van der Waals surface area contributed by atoms with E-state index in [-0.39, 0.29) is 23.7 Å². The number of likely N-dealkylation sites (N-methyl/N-ethyl adjacent to an activating group) is 1. The molecule has 4 nitrogen and oxygen atoms in total. The second-order valence-electron chi connectivity index (χ2n) is 4.93. The fourth-order valence-electron chi connectivity index (χ4n) is 1.92. The van der Waals surface area contributed by atoms with Crippen molar-refractivity contribution in [3.63, 3.8) is 0 Å². The molecule has 0 aliphatic heterocycles. The first-order valence-electron chi connectivity index (χ1n) is 6.87. The zero-order valence-corrected chi connectivity index (χ0v) is 14.0. The van der Waals surface area contributed by atoms with Gasteiger partial charge < -0.3 is 9.64 Å². The van der Waals surface area contributed by atoms with E-state index >= 15 is 0 Å². The van der Waals surface area contributed by atoms with Crippen molar-refractivity contribution in [1.29, 1.82) is 0 Å². The van der Waals surface area contributed by atoms with Crippen LogP contribution in [0, 0.1) is 0 Å². The van der Waals surface area contributed by atoms with Crippen LogP contribution in [-0.4, -0.2) is 30.4 Å². The van der Waals surface area contributed by atoms with Crippen molar-refractivity contribution in [3.8, 4) is 0 Å². The van der Waals surface area contributed by atoms with Crippen LogP contribution in [0.25, 0.3) is 0 Å². The summed E-state index contributed by atoms with van der Waals surface area (Å²) in [5, 5.41) is 0.682. The Morgan fingerprint density at radius 1 is 1.09 bits per heavy atom. The summed E-state index contributed by atoms with van der Waals surface area (Å²) in [7, 11) is 1.50. The Morgan fingerprint density at radius 3 is 2.48 bits per heavy atom. The van der Waals surface area contributed by atoms with Gasteiger partial charge in [-0.15, -0.1) is 0 Å². The van der Waals surface area contributed by atoms with E-state index < -0.39 is 11.9 Å². The first-order chi connectivity index (χ1) is 11.0. The number of carbonyl (C=O) groups excluding carboxylic acids is 2. The van der Waals surface area contributed by atoms with Gasteiger partial charge >= 0.3 is 5.97 Å². The topological polar surface area (TPSA) is 46.6 Å². The third-order valence-electron chi connectivity index (χ3n) is 3.11. The van der Waals surface area contributed by atoms with E-state index in [4.69, 9.17) is 27.9 Å². The minimum absolute atomic E-state index is 0.166. The normalized spacial score (nSPS) is 10.2. The molecule has 0 fully saturated rings. The molecule has 1 amide bonds. The van der Waals surface area contributed by atoms with Crippen LogP contribution >= 0.6 is 23.2 Å². The van der Waals surface area contributed by atoms with Gasteiger partial charge in [-0.25, -0.2) is 0 Å². The van der Waals surface area contributed by atoms with Crippen molar-refractivity contribution >= 4 is 35.1 Å². The highest BCUT2D eigenvalue weighted by Gasteiger charge is 2.18. The number of carbonyl (C=O) groups is 2. The number of rotatable bonds is 5. The first kappa shape index (κ1) is 17.3. The minimum Gasteiger partial charge on any atom is -0.459 e. The van der Waals surface area contributed by atoms with Crippen molar-refractivity contribution in [3.05, 3.63) is 69.7 Å². The average molecular weight is 352 g/mol. The van der Waals surface area contributed by atoms with Crippen molar-refractivity contribution in [2.75, 3.05) is 13.6 Å². The molecule has 2 aromatic rings. The van der Waals surface area contributed by atoms with E-state index in [9.17, 15) is 9.59 Å². The molecule has 23 heavy (non-hydrogen) atoms. The number of amides is 1. The highest BCUT2D eigenvalue weighted by atomic mass is 35.5. The van der Waals surface area contributed by atoms with Gasteiger partial charge in [0, 0.05) is 12.1 Å². The van der Waals surface area contributed by atoms with Crippen molar-refractivity contribution in [2.45, 2.75) is 6.61 Å². The summed E-state index contributed by atoms with van der Waals surface area (Å²) < 4.78 is 5.15. The summed E-state index contributed by atoms with van der Waals surface area (Å²) >= 11 is 11.9. The SMILES string of the molecule is CN(CC(=O)OCc1ccccc1)C(=O)c1cc(Cl)ccc1Cl. The summed E-state index contributed by atoms with van der Waals surface area (Å²) in [5.74, 6) is -0.892. The number of ether oxygens (including phenoxy) is 1. The molecule has 0 spiro atoms. The number of esters is 1. The van der Waals surface area contributed by atoms with Gasteiger partial charge in [-0.3, -0.25) is 9.59 Å². The summed E-state index contributed by atoms with van der Waals surface area (Å²) in [5.41, 5.74) is 1.13. The molecule has 0 aliphatic carbocycles. The molecule has 2 rings (SSSR count). The second kappa shape index (κ2) is 7.99. The Labute approximate surface area is 144 Å². The molecule has 0 unspecified atom stereocenters. The van der Waals surface area contributed by atoms with Crippen molar-refractivity contribution in [2.24, 2.45) is 0 Å². The van der Waals surface area contributed by atoms with Crippen molar-refractivity contribution < 1.29 is 14.3 Å². The van der Waals surface area contributed by atoms with Crippen LogP contribution in [0.2, 0.25) is 10.0 Å². The molecule has 0 saturated heterocycles. The minimum atomic E-state index is -0.497. The van der Waals surface area contributed by atoms with Crippen LogP contribution in [0.3, 0.4) is 0 Å². The maximum Gasteiger partial charge on any atom is 0.325 e. The monoisotopic (exact) mass is 351 g/mol. The van der Waals surface area contributed by atoms with E-state index in [1.54, 1.807) is 12.1 Å². The van der Waals surface area contributed by atoms with Crippen LogP contribution in [0.4, 0.5) is 0 Å². The second-order valence-corrected chi connectivity index (χ2v) is 5.78. The number of hydrogen-bond donors (Lipinski definition) is 0. The molecule has 0 aliphatic rings. The number of hydrogen-bond acceptors (Lipinski definition) is 3. The summed E-state index contributed by atoms with van der Waals surface area (Å²) in [6.45, 7) is -0.00582. The first-order valence-corrected chi connectivity index (χ1v) is 7.63. The van der Waals surface area contributed by atoms with Gasteiger partial charge in [0.2, 0.25) is 0 Å².